The quantitative estimate of drug-likeness (QED) is 0.889. The van der Waals surface area contributed by atoms with Crippen molar-refractivity contribution in [3.8, 4) is 5.75 Å². The minimum absolute atomic E-state index is 0.0104. The Morgan fingerprint density at radius 1 is 1.33 bits per heavy atom. The second-order valence-corrected chi connectivity index (χ2v) is 6.02. The van der Waals surface area contributed by atoms with Crippen LogP contribution in [0.15, 0.2) is 36.9 Å². The molecule has 0 radical (unpaired) electrons. The largest absolute Gasteiger partial charge is 0.489 e. The molecule has 0 saturated heterocycles. The average Bonchev–Trinajstić information content (AvgIpc) is 2.91. The third-order valence-electron chi connectivity index (χ3n) is 2.99. The summed E-state index contributed by atoms with van der Waals surface area (Å²) in [6.45, 7) is 7.93. The fourth-order valence-corrected chi connectivity index (χ4v) is 1.82. The molecule has 2 rings (SSSR count). The third kappa shape index (κ3) is 5.19. The molecule has 0 atom stereocenters. The van der Waals surface area contributed by atoms with Gasteiger partial charge in [-0.15, -0.1) is 0 Å². The van der Waals surface area contributed by atoms with Crippen LogP contribution >= 0.6 is 0 Å². The van der Waals surface area contributed by atoms with Crippen molar-refractivity contribution >= 4 is 0 Å². The van der Waals surface area contributed by atoms with E-state index in [2.05, 4.69) is 31.1 Å². The van der Waals surface area contributed by atoms with E-state index in [-0.39, 0.29) is 17.1 Å². The molecule has 0 aliphatic rings. The molecule has 0 bridgehead atoms. The van der Waals surface area contributed by atoms with E-state index in [1.54, 1.807) is 18.6 Å². The molecule has 0 aliphatic carbocycles. The molecule has 0 spiro atoms. The number of benzene rings is 1. The minimum Gasteiger partial charge on any atom is -0.489 e. The van der Waals surface area contributed by atoms with Crippen LogP contribution in [-0.4, -0.2) is 21.7 Å². The van der Waals surface area contributed by atoms with E-state index in [0.717, 1.165) is 5.56 Å². The van der Waals surface area contributed by atoms with Crippen LogP contribution in [0.2, 0.25) is 0 Å². The summed E-state index contributed by atoms with van der Waals surface area (Å²) in [5.74, 6) is -0.0385. The summed E-state index contributed by atoms with van der Waals surface area (Å²) in [5, 5.41) is 3.33. The lowest BCUT2D eigenvalue weighted by atomic mass is 10.1. The number of hydrogen-bond acceptors (Lipinski definition) is 3. The maximum absolute atomic E-state index is 14.0. The summed E-state index contributed by atoms with van der Waals surface area (Å²) in [7, 11) is 0. The summed E-state index contributed by atoms with van der Waals surface area (Å²) >= 11 is 0. The summed E-state index contributed by atoms with van der Waals surface area (Å²) in [6, 6.07) is 5.09. The number of nitrogens with one attached hydrogen (secondary N) is 1. The molecule has 0 aliphatic heterocycles. The first-order valence-corrected chi connectivity index (χ1v) is 7.06. The van der Waals surface area contributed by atoms with Gasteiger partial charge in [-0.25, -0.2) is 9.37 Å². The summed E-state index contributed by atoms with van der Waals surface area (Å²) in [6.07, 6.45) is 5.26. The van der Waals surface area contributed by atoms with Gasteiger partial charge in [-0.1, -0.05) is 6.07 Å². The number of nitrogens with zero attached hydrogens (tertiary/aromatic N) is 2. The lowest BCUT2D eigenvalue weighted by Crippen LogP contribution is -2.35. The molecule has 1 N–H and O–H groups in total. The van der Waals surface area contributed by atoms with Crippen LogP contribution in [0.25, 0.3) is 0 Å². The Labute approximate surface area is 125 Å². The highest BCUT2D eigenvalue weighted by Gasteiger charge is 2.10. The van der Waals surface area contributed by atoms with Gasteiger partial charge in [0.05, 0.1) is 12.9 Å². The van der Waals surface area contributed by atoms with Crippen molar-refractivity contribution in [3.05, 3.63) is 48.3 Å². The van der Waals surface area contributed by atoms with Crippen LogP contribution in [0.3, 0.4) is 0 Å². The predicted octanol–water partition coefficient (Wildman–Crippen LogP) is 2.99. The topological polar surface area (TPSA) is 39.1 Å². The average molecular weight is 291 g/mol. The van der Waals surface area contributed by atoms with Crippen LogP contribution < -0.4 is 10.1 Å². The lowest BCUT2D eigenvalue weighted by molar-refractivity contribution is 0.284. The molecular formula is C16H22FN3O. The Bertz CT molecular complexity index is 561. The molecule has 0 unspecified atom stereocenters. The molecule has 21 heavy (non-hydrogen) atoms. The van der Waals surface area contributed by atoms with E-state index in [1.807, 2.05) is 16.8 Å². The highest BCUT2D eigenvalue weighted by atomic mass is 19.1. The lowest BCUT2D eigenvalue weighted by Gasteiger charge is -2.20. The summed E-state index contributed by atoms with van der Waals surface area (Å²) in [4.78, 5) is 3.94. The van der Waals surface area contributed by atoms with E-state index in [9.17, 15) is 4.39 Å². The number of rotatable bonds is 6. The molecule has 2 aromatic rings. The Morgan fingerprint density at radius 2 is 2.14 bits per heavy atom. The zero-order valence-corrected chi connectivity index (χ0v) is 12.8. The standard InChI is InChI=1S/C16H22FN3O/c1-16(2,3)19-11-13-4-5-15(14(17)10-13)21-9-8-20-7-6-18-12-20/h4-7,10,12,19H,8-9,11H2,1-3H3. The molecule has 0 amide bonds. The van der Waals surface area contributed by atoms with Crippen molar-refractivity contribution in [1.82, 2.24) is 14.9 Å². The Hall–Kier alpha value is -1.88. The smallest absolute Gasteiger partial charge is 0.165 e. The van der Waals surface area contributed by atoms with E-state index in [4.69, 9.17) is 4.74 Å². The third-order valence-corrected chi connectivity index (χ3v) is 2.99. The van der Waals surface area contributed by atoms with Gasteiger partial charge in [0.25, 0.3) is 0 Å². The van der Waals surface area contributed by atoms with Crippen molar-refractivity contribution in [2.45, 2.75) is 39.4 Å². The summed E-state index contributed by atoms with van der Waals surface area (Å²) < 4.78 is 21.3. The van der Waals surface area contributed by atoms with Crippen molar-refractivity contribution < 1.29 is 9.13 Å². The second kappa shape index (κ2) is 6.72. The maximum atomic E-state index is 14.0. The molecule has 1 aromatic carbocycles. The first kappa shape index (κ1) is 15.5. The fourth-order valence-electron chi connectivity index (χ4n) is 1.82. The Kier molecular flexibility index (Phi) is 4.96. The highest BCUT2D eigenvalue weighted by Crippen LogP contribution is 2.18. The van der Waals surface area contributed by atoms with E-state index in [1.165, 1.54) is 6.07 Å². The van der Waals surface area contributed by atoms with Crippen LogP contribution in [0.5, 0.6) is 5.75 Å². The number of imidazole rings is 1. The van der Waals surface area contributed by atoms with Gasteiger partial charge in [0.15, 0.2) is 11.6 Å². The van der Waals surface area contributed by atoms with Crippen LogP contribution in [0.1, 0.15) is 26.3 Å². The molecule has 1 heterocycles. The van der Waals surface area contributed by atoms with E-state index in [0.29, 0.717) is 19.7 Å². The number of hydrogen-bond donors (Lipinski definition) is 1. The second-order valence-electron chi connectivity index (χ2n) is 6.02. The monoisotopic (exact) mass is 291 g/mol. The van der Waals surface area contributed by atoms with Crippen LogP contribution in [0.4, 0.5) is 4.39 Å². The van der Waals surface area contributed by atoms with Gasteiger partial charge in [0.1, 0.15) is 6.61 Å². The fraction of sp³-hybridized carbons (Fsp3) is 0.438. The molecule has 0 saturated carbocycles. The molecule has 1 aromatic heterocycles. The van der Waals surface area contributed by atoms with E-state index >= 15 is 0 Å². The predicted molar refractivity (Wildman–Crippen MR) is 80.7 cm³/mol. The number of aromatic nitrogens is 2. The van der Waals surface area contributed by atoms with Crippen LogP contribution in [0, 0.1) is 5.82 Å². The molecular weight excluding hydrogens is 269 g/mol. The molecule has 4 nitrogen and oxygen atoms in total. The molecule has 0 fully saturated rings. The van der Waals surface area contributed by atoms with E-state index < -0.39 is 0 Å². The Balaban J connectivity index is 1.86. The van der Waals surface area contributed by atoms with Crippen molar-refractivity contribution in [2.24, 2.45) is 0 Å². The number of halogens is 1. The Morgan fingerprint density at radius 3 is 2.76 bits per heavy atom. The van der Waals surface area contributed by atoms with Gasteiger partial charge in [0.2, 0.25) is 0 Å². The first-order chi connectivity index (χ1) is 9.94. The zero-order valence-electron chi connectivity index (χ0n) is 12.8. The van der Waals surface area contributed by atoms with Crippen molar-refractivity contribution in [1.29, 1.82) is 0 Å². The highest BCUT2D eigenvalue weighted by molar-refractivity contribution is 5.29. The SMILES string of the molecule is CC(C)(C)NCc1ccc(OCCn2ccnc2)c(F)c1. The zero-order chi connectivity index (χ0) is 15.3. The maximum Gasteiger partial charge on any atom is 0.165 e. The summed E-state index contributed by atoms with van der Waals surface area (Å²) in [5.41, 5.74) is 0.917. The molecule has 114 valence electrons. The number of ether oxygens (including phenoxy) is 1. The van der Waals surface area contributed by atoms with Gasteiger partial charge in [0, 0.05) is 24.5 Å². The molecule has 5 heteroatoms. The van der Waals surface area contributed by atoms with Crippen molar-refractivity contribution in [2.75, 3.05) is 6.61 Å². The van der Waals surface area contributed by atoms with Gasteiger partial charge >= 0.3 is 0 Å². The minimum atomic E-state index is -0.325. The van der Waals surface area contributed by atoms with Crippen molar-refractivity contribution in [3.63, 3.8) is 0 Å². The van der Waals surface area contributed by atoms with Crippen LogP contribution in [-0.2, 0) is 13.1 Å². The van der Waals surface area contributed by atoms with Gasteiger partial charge in [-0.3, -0.25) is 0 Å². The van der Waals surface area contributed by atoms with Gasteiger partial charge in [-0.2, -0.15) is 0 Å². The van der Waals surface area contributed by atoms with Gasteiger partial charge < -0.3 is 14.6 Å². The normalized spacial score (nSPS) is 11.6. The van der Waals surface area contributed by atoms with Gasteiger partial charge in [-0.05, 0) is 38.5 Å². The first-order valence-electron chi connectivity index (χ1n) is 7.06.